The van der Waals surface area contributed by atoms with Gasteiger partial charge in [-0.3, -0.25) is 24.6 Å². The lowest BCUT2D eigenvalue weighted by atomic mass is 9.76. The molecule has 2 aliphatic heterocycles. The number of halogens is 4. The summed E-state index contributed by atoms with van der Waals surface area (Å²) in [6.45, 7) is -0.207. The van der Waals surface area contributed by atoms with Gasteiger partial charge in [-0.25, -0.2) is 17.6 Å². The Morgan fingerprint density at radius 2 is 1.62 bits per heavy atom. The summed E-state index contributed by atoms with van der Waals surface area (Å²) in [4.78, 5) is 49.2. The molecule has 0 unspecified atom stereocenters. The molecular weight excluding hydrogens is 590 g/mol. The lowest BCUT2D eigenvalue weighted by molar-refractivity contribution is -0.192. The van der Waals surface area contributed by atoms with E-state index in [0.29, 0.717) is 0 Å². The first kappa shape index (κ1) is 32.6. The molecule has 228 valence electrons. The number of imide groups is 1. The standard InChI is InChI=1S/C24H26FN3O6S.C2HF3O2/c1-27(35(32,33)17-11-9-16(25)10-12-17)14-18-19-20(22(30)28(2)21(19)29)24(26-18,23(31)34-3)13-15-7-5-4-6-8-15;3-2(4,5)1(6)7/h4-12,18-20,26H,13-14H2,1-3H3;(H,6,7)/t18-,19+,20-,24-;/m1./s1. The SMILES string of the molecule is COC(=O)[C@]1(Cc2ccccc2)N[C@H](CN(C)S(=O)(=O)c2ccc(F)cc2)[C@@H]2C(=O)N(C)C(=O)[C@@H]21.O=C(O)C(F)(F)F. The molecule has 16 heteroatoms. The topological polar surface area (TPSA) is 150 Å². The van der Waals surface area contributed by atoms with Crippen molar-refractivity contribution in [1.82, 2.24) is 14.5 Å². The first-order chi connectivity index (χ1) is 19.5. The van der Waals surface area contributed by atoms with Crippen LogP contribution in [0, 0.1) is 17.7 Å². The summed E-state index contributed by atoms with van der Waals surface area (Å²) in [7, 11) is -0.154. The van der Waals surface area contributed by atoms with Crippen LogP contribution in [0.4, 0.5) is 17.6 Å². The molecule has 2 saturated heterocycles. The van der Waals surface area contributed by atoms with E-state index < -0.39 is 69.2 Å². The van der Waals surface area contributed by atoms with Crippen molar-refractivity contribution in [2.24, 2.45) is 11.8 Å². The van der Waals surface area contributed by atoms with E-state index in [1.807, 2.05) is 6.07 Å². The highest BCUT2D eigenvalue weighted by atomic mass is 32.2. The number of benzene rings is 2. The number of carboxylic acids is 1. The fourth-order valence-corrected chi connectivity index (χ4v) is 6.31. The van der Waals surface area contributed by atoms with E-state index in [9.17, 15) is 40.4 Å². The van der Waals surface area contributed by atoms with Crippen LogP contribution < -0.4 is 5.32 Å². The molecule has 4 atom stereocenters. The summed E-state index contributed by atoms with van der Waals surface area (Å²) in [5.74, 6) is -7.11. The summed E-state index contributed by atoms with van der Waals surface area (Å²) < 4.78 is 77.4. The van der Waals surface area contributed by atoms with Crippen LogP contribution >= 0.6 is 0 Å². The molecule has 0 aliphatic carbocycles. The molecule has 2 aromatic rings. The maximum Gasteiger partial charge on any atom is 0.490 e. The zero-order chi connectivity index (χ0) is 31.6. The number of carboxylic acid groups (broad SMARTS) is 1. The van der Waals surface area contributed by atoms with Gasteiger partial charge in [0.1, 0.15) is 11.4 Å². The average Bonchev–Trinajstić information content (AvgIpc) is 3.37. The number of aliphatic carboxylic acids is 1. The summed E-state index contributed by atoms with van der Waals surface area (Å²) in [5.41, 5.74) is -0.824. The van der Waals surface area contributed by atoms with Crippen molar-refractivity contribution in [2.75, 3.05) is 27.7 Å². The van der Waals surface area contributed by atoms with Crippen molar-refractivity contribution in [2.45, 2.75) is 29.1 Å². The van der Waals surface area contributed by atoms with E-state index in [0.717, 1.165) is 39.0 Å². The molecule has 0 bridgehead atoms. The second-order valence-electron chi connectivity index (χ2n) is 9.66. The van der Waals surface area contributed by atoms with E-state index in [-0.39, 0.29) is 17.9 Å². The Balaban J connectivity index is 0.000000616. The van der Waals surface area contributed by atoms with Crippen molar-refractivity contribution in [3.63, 3.8) is 0 Å². The third-order valence-electron chi connectivity index (χ3n) is 7.07. The van der Waals surface area contributed by atoms with E-state index in [1.54, 1.807) is 24.3 Å². The smallest absolute Gasteiger partial charge is 0.475 e. The monoisotopic (exact) mass is 617 g/mol. The molecule has 0 saturated carbocycles. The van der Waals surface area contributed by atoms with Gasteiger partial charge in [0.2, 0.25) is 21.8 Å². The van der Waals surface area contributed by atoms with Crippen LogP contribution in [0.2, 0.25) is 0 Å². The molecule has 2 amide bonds. The third-order valence-corrected chi connectivity index (χ3v) is 8.91. The summed E-state index contributed by atoms with van der Waals surface area (Å²) >= 11 is 0. The molecule has 4 rings (SSSR count). The molecule has 0 spiro atoms. The van der Waals surface area contributed by atoms with E-state index in [2.05, 4.69) is 5.32 Å². The van der Waals surface area contributed by atoms with Gasteiger partial charge in [-0.1, -0.05) is 30.3 Å². The Kier molecular flexibility index (Phi) is 9.44. The number of nitrogens with zero attached hydrogens (tertiary/aromatic N) is 2. The molecule has 42 heavy (non-hydrogen) atoms. The number of esters is 1. The molecule has 2 aliphatic rings. The van der Waals surface area contributed by atoms with Crippen LogP contribution in [-0.2, 0) is 40.4 Å². The normalized spacial score (nSPS) is 23.8. The number of carbonyl (C=O) groups is 4. The summed E-state index contributed by atoms with van der Waals surface area (Å²) in [6, 6.07) is 12.5. The molecule has 2 heterocycles. The van der Waals surface area contributed by atoms with Crippen molar-refractivity contribution < 1.29 is 55.0 Å². The van der Waals surface area contributed by atoms with Crippen LogP contribution in [0.1, 0.15) is 5.56 Å². The lowest BCUT2D eigenvalue weighted by Crippen LogP contribution is -2.59. The number of carbonyl (C=O) groups excluding carboxylic acids is 3. The number of ether oxygens (including phenoxy) is 1. The zero-order valence-electron chi connectivity index (χ0n) is 22.5. The van der Waals surface area contributed by atoms with Gasteiger partial charge >= 0.3 is 18.1 Å². The second kappa shape index (κ2) is 12.1. The Bertz CT molecular complexity index is 1450. The van der Waals surface area contributed by atoms with Gasteiger partial charge in [0, 0.05) is 33.1 Å². The quantitative estimate of drug-likeness (QED) is 0.267. The van der Waals surface area contributed by atoms with Gasteiger partial charge in [0.15, 0.2) is 0 Å². The van der Waals surface area contributed by atoms with Gasteiger partial charge in [0.25, 0.3) is 0 Å². The number of rotatable bonds is 7. The molecule has 2 aromatic carbocycles. The van der Waals surface area contributed by atoms with Crippen LogP contribution in [0.3, 0.4) is 0 Å². The predicted molar refractivity (Wildman–Crippen MR) is 136 cm³/mol. The van der Waals surface area contributed by atoms with Crippen LogP contribution in [0.15, 0.2) is 59.5 Å². The Morgan fingerprint density at radius 3 is 2.12 bits per heavy atom. The highest BCUT2D eigenvalue weighted by Gasteiger charge is 2.68. The molecule has 0 radical (unpaired) electrons. The van der Waals surface area contributed by atoms with Crippen molar-refractivity contribution in [3.05, 3.63) is 66.0 Å². The highest BCUT2D eigenvalue weighted by Crippen LogP contribution is 2.45. The third kappa shape index (κ3) is 6.29. The number of amides is 2. The van der Waals surface area contributed by atoms with E-state index in [1.165, 1.54) is 21.2 Å². The minimum absolute atomic E-state index is 0.0689. The van der Waals surface area contributed by atoms with Gasteiger partial charge in [0.05, 0.1) is 23.8 Å². The predicted octanol–water partition coefficient (Wildman–Crippen LogP) is 1.44. The molecule has 2 fully saturated rings. The van der Waals surface area contributed by atoms with E-state index >= 15 is 0 Å². The molecule has 11 nitrogen and oxygen atoms in total. The minimum atomic E-state index is -5.08. The number of sulfonamides is 1. The second-order valence-corrected chi connectivity index (χ2v) is 11.7. The number of hydrogen-bond donors (Lipinski definition) is 2. The van der Waals surface area contributed by atoms with Gasteiger partial charge in [-0.15, -0.1) is 0 Å². The Hall–Kier alpha value is -3.89. The van der Waals surface area contributed by atoms with Crippen LogP contribution in [0.25, 0.3) is 0 Å². The fraction of sp³-hybridized carbons (Fsp3) is 0.385. The zero-order valence-corrected chi connectivity index (χ0v) is 23.3. The summed E-state index contributed by atoms with van der Waals surface area (Å²) in [5, 5.41) is 10.3. The first-order valence-electron chi connectivity index (χ1n) is 12.2. The minimum Gasteiger partial charge on any atom is -0.475 e. The number of likely N-dealkylation sites (tertiary alicyclic amines) is 1. The lowest BCUT2D eigenvalue weighted by Gasteiger charge is -2.32. The van der Waals surface area contributed by atoms with Crippen molar-refractivity contribution in [1.29, 1.82) is 0 Å². The number of methoxy groups -OCH3 is 1. The fourth-order valence-electron chi connectivity index (χ4n) is 5.11. The number of fused-ring (bicyclic) bond motifs is 1. The largest absolute Gasteiger partial charge is 0.490 e. The van der Waals surface area contributed by atoms with Crippen molar-refractivity contribution in [3.8, 4) is 0 Å². The summed E-state index contributed by atoms with van der Waals surface area (Å²) in [6.07, 6.45) is -5.01. The van der Waals surface area contributed by atoms with Gasteiger partial charge in [-0.05, 0) is 29.8 Å². The Labute approximate surface area is 238 Å². The highest BCUT2D eigenvalue weighted by molar-refractivity contribution is 7.89. The Morgan fingerprint density at radius 1 is 1.07 bits per heavy atom. The average molecular weight is 618 g/mol. The maximum atomic E-state index is 13.3. The van der Waals surface area contributed by atoms with Crippen molar-refractivity contribution >= 4 is 33.8 Å². The number of nitrogens with one attached hydrogen (secondary N) is 1. The number of likely N-dealkylation sites (N-methyl/N-ethyl adjacent to an activating group) is 1. The molecule has 2 N–H and O–H groups in total. The van der Waals surface area contributed by atoms with Crippen LogP contribution in [-0.4, -0.2) is 92.0 Å². The number of hydrogen-bond acceptors (Lipinski definition) is 8. The van der Waals surface area contributed by atoms with Crippen LogP contribution in [0.5, 0.6) is 0 Å². The van der Waals surface area contributed by atoms with Gasteiger partial charge in [-0.2, -0.15) is 17.5 Å². The maximum absolute atomic E-state index is 13.3. The molecule has 0 aromatic heterocycles. The molecular formula is C26H27F4N3O8S. The first-order valence-corrected chi connectivity index (χ1v) is 13.6. The number of alkyl halides is 3. The van der Waals surface area contributed by atoms with E-state index in [4.69, 9.17) is 14.6 Å². The van der Waals surface area contributed by atoms with Gasteiger partial charge < -0.3 is 9.84 Å².